The molecule has 2 aromatic heterocycles. The molecule has 0 saturated carbocycles. The molecule has 4 heterocycles. The lowest BCUT2D eigenvalue weighted by Gasteiger charge is -2.14. The normalized spacial score (nSPS) is 18.9. The van der Waals surface area contributed by atoms with Crippen LogP contribution in [-0.4, -0.2) is 10.2 Å². The Kier molecular flexibility index (Phi) is 5.46. The first kappa shape index (κ1) is 19.6. The summed E-state index contributed by atoms with van der Waals surface area (Å²) in [7, 11) is 0. The van der Waals surface area contributed by atoms with Gasteiger partial charge in [-0.05, 0) is 36.4 Å². The number of nitriles is 4. The first-order valence-corrected chi connectivity index (χ1v) is 10.7. The van der Waals surface area contributed by atoms with E-state index in [4.69, 9.17) is 25.8 Å². The van der Waals surface area contributed by atoms with Crippen LogP contribution < -0.4 is 0 Å². The van der Waals surface area contributed by atoms with Gasteiger partial charge in [-0.15, -0.1) is 23.1 Å². The summed E-state index contributed by atoms with van der Waals surface area (Å²) < 4.78 is 6.14. The van der Waals surface area contributed by atoms with Crippen molar-refractivity contribution in [3.05, 3.63) is 62.7 Å². The molecule has 4 rings (SSSR count). The Bertz CT molecular complexity index is 1220. The number of ether oxygens (including phenoxy) is 1. The van der Waals surface area contributed by atoms with Crippen molar-refractivity contribution in [1.29, 1.82) is 21.0 Å². The van der Waals surface area contributed by atoms with E-state index in [0.29, 0.717) is 6.42 Å². The topological polar surface area (TPSA) is 120 Å². The average molecular weight is 428 g/mol. The summed E-state index contributed by atoms with van der Waals surface area (Å²) >= 11 is 3.16. The van der Waals surface area contributed by atoms with Crippen molar-refractivity contribution in [3.8, 4) is 34.8 Å². The fourth-order valence-electron chi connectivity index (χ4n) is 3.35. The maximum absolute atomic E-state index is 8.92. The van der Waals surface area contributed by atoms with Crippen LogP contribution in [0.25, 0.3) is 16.6 Å². The van der Waals surface area contributed by atoms with Gasteiger partial charge in [0.25, 0.3) is 0 Å². The van der Waals surface area contributed by atoms with E-state index in [0.717, 1.165) is 33.3 Å². The van der Waals surface area contributed by atoms with Gasteiger partial charge >= 0.3 is 0 Å². The highest BCUT2D eigenvalue weighted by atomic mass is 32.2. The number of H-pyrrole nitrogens is 1. The van der Waals surface area contributed by atoms with Crippen molar-refractivity contribution in [2.24, 2.45) is 0 Å². The molecular weight excluding hydrogens is 414 g/mol. The van der Waals surface area contributed by atoms with Crippen LogP contribution in [0.5, 0.6) is 0 Å². The summed E-state index contributed by atoms with van der Waals surface area (Å²) in [5.74, 6) is 0.946. The fraction of sp³-hybridized carbons (Fsp3) is 0.182. The van der Waals surface area contributed by atoms with Crippen molar-refractivity contribution < 1.29 is 4.74 Å². The molecule has 30 heavy (non-hydrogen) atoms. The molecule has 0 bridgehead atoms. The van der Waals surface area contributed by atoms with Crippen LogP contribution in [-0.2, 0) is 4.74 Å². The summed E-state index contributed by atoms with van der Waals surface area (Å²) in [4.78, 5) is 6.46. The molecule has 6 nitrogen and oxygen atoms in total. The third kappa shape index (κ3) is 3.88. The minimum Gasteiger partial charge on any atom is -0.487 e. The van der Waals surface area contributed by atoms with E-state index in [1.54, 1.807) is 23.9 Å². The van der Waals surface area contributed by atoms with E-state index in [1.807, 2.05) is 48.5 Å². The maximum atomic E-state index is 8.92. The van der Waals surface area contributed by atoms with Crippen LogP contribution in [0.3, 0.4) is 0 Å². The van der Waals surface area contributed by atoms with Crippen molar-refractivity contribution in [1.82, 2.24) is 4.98 Å². The summed E-state index contributed by atoms with van der Waals surface area (Å²) in [6.07, 6.45) is 4.68. The molecule has 0 radical (unpaired) electrons. The number of nitrogens with one attached hydrogen (secondary N) is 1. The highest BCUT2D eigenvalue weighted by molar-refractivity contribution is 8.04. The van der Waals surface area contributed by atoms with Gasteiger partial charge in [0.1, 0.15) is 47.3 Å². The maximum Gasteiger partial charge on any atom is 0.143 e. The van der Waals surface area contributed by atoms with Gasteiger partial charge in [0.05, 0.1) is 16.3 Å². The number of allylic oxidation sites excluding steroid dienone is 3. The number of hydrogen-bond donors (Lipinski definition) is 1. The third-order valence-electron chi connectivity index (χ3n) is 4.72. The van der Waals surface area contributed by atoms with Gasteiger partial charge in [-0.3, -0.25) is 0 Å². The zero-order valence-electron chi connectivity index (χ0n) is 15.5. The number of aromatic amines is 1. The van der Waals surface area contributed by atoms with Crippen molar-refractivity contribution >= 4 is 29.2 Å². The second kappa shape index (κ2) is 8.36. The second-order valence-corrected chi connectivity index (χ2v) is 9.08. The van der Waals surface area contributed by atoms with Crippen molar-refractivity contribution in [2.75, 3.05) is 0 Å². The number of rotatable bonds is 4. The van der Waals surface area contributed by atoms with Gasteiger partial charge in [0, 0.05) is 27.9 Å². The number of thioether (sulfide) groups is 1. The Balaban J connectivity index is 1.42. The zero-order valence-corrected chi connectivity index (χ0v) is 17.2. The van der Waals surface area contributed by atoms with E-state index >= 15 is 0 Å². The molecule has 2 atom stereocenters. The number of hydrogen-bond acceptors (Lipinski definition) is 7. The lowest BCUT2D eigenvalue weighted by Crippen LogP contribution is -2.03. The Morgan fingerprint density at radius 1 is 1.00 bits per heavy atom. The van der Waals surface area contributed by atoms with E-state index in [-0.39, 0.29) is 22.5 Å². The molecule has 0 amide bonds. The molecule has 1 N–H and O–H groups in total. The lowest BCUT2D eigenvalue weighted by molar-refractivity contribution is 0.136. The fourth-order valence-corrected chi connectivity index (χ4v) is 5.59. The second-order valence-electron chi connectivity index (χ2n) is 6.63. The molecule has 2 unspecified atom stereocenters. The number of aromatic nitrogens is 1. The molecule has 144 valence electrons. The Morgan fingerprint density at radius 2 is 1.77 bits per heavy atom. The average Bonchev–Trinajstić information content (AvgIpc) is 3.52. The molecule has 0 aromatic carbocycles. The van der Waals surface area contributed by atoms with Crippen LogP contribution in [0.1, 0.15) is 29.5 Å². The molecule has 8 heteroatoms. The summed E-state index contributed by atoms with van der Waals surface area (Å²) in [6, 6.07) is 15.4. The van der Waals surface area contributed by atoms with Crippen LogP contribution >= 0.6 is 23.1 Å². The lowest BCUT2D eigenvalue weighted by atomic mass is 10.2. The minimum absolute atomic E-state index is 0.0734. The van der Waals surface area contributed by atoms with Crippen molar-refractivity contribution in [3.63, 3.8) is 0 Å². The highest BCUT2D eigenvalue weighted by Gasteiger charge is 2.35. The predicted octanol–water partition coefficient (Wildman–Crippen LogP) is 5.33. The van der Waals surface area contributed by atoms with Gasteiger partial charge in [0.2, 0.25) is 0 Å². The van der Waals surface area contributed by atoms with Gasteiger partial charge in [-0.25, -0.2) is 0 Å². The first-order chi connectivity index (χ1) is 14.6. The van der Waals surface area contributed by atoms with E-state index in [2.05, 4.69) is 4.98 Å². The molecule has 0 spiro atoms. The molecule has 2 aliphatic rings. The van der Waals surface area contributed by atoms with Crippen LogP contribution in [0.4, 0.5) is 0 Å². The molecule has 0 fully saturated rings. The summed E-state index contributed by atoms with van der Waals surface area (Å²) in [5, 5.41) is 35.7. The highest BCUT2D eigenvalue weighted by Crippen LogP contribution is 2.50. The summed E-state index contributed by atoms with van der Waals surface area (Å²) in [5.41, 5.74) is 2.17. The molecule has 0 aliphatic carbocycles. The quantitative estimate of drug-likeness (QED) is 0.659. The Morgan fingerprint density at radius 3 is 2.47 bits per heavy atom. The first-order valence-electron chi connectivity index (χ1n) is 9.02. The number of nitrogens with zero attached hydrogens (tertiary/aromatic N) is 4. The monoisotopic (exact) mass is 427 g/mol. The largest absolute Gasteiger partial charge is 0.487 e. The molecule has 2 aromatic rings. The SMILES string of the molecule is N#CC(C#N)=Cc1ccc(-c2ccc(C3CC4=C(CC(C=C(C#N)C#N)S4)O3)[nH]2)s1. The smallest absolute Gasteiger partial charge is 0.143 e. The van der Waals surface area contributed by atoms with Crippen LogP contribution in [0.15, 0.2) is 52.2 Å². The third-order valence-corrected chi connectivity index (χ3v) is 7.07. The minimum atomic E-state index is -0.0734. The van der Waals surface area contributed by atoms with Gasteiger partial charge < -0.3 is 9.72 Å². The summed E-state index contributed by atoms with van der Waals surface area (Å²) in [6.45, 7) is 0. The predicted molar refractivity (Wildman–Crippen MR) is 114 cm³/mol. The van der Waals surface area contributed by atoms with E-state index in [9.17, 15) is 0 Å². The standard InChI is InChI=1S/C22H13N5OS2/c23-9-13(10-24)5-15-1-4-21(29-15)18-3-2-17(27-18)19-8-22-20(28-19)7-16(30-22)6-14(11-25)12-26/h1-6,16,19,27H,7-8H2. The van der Waals surface area contributed by atoms with Crippen LogP contribution in [0.2, 0.25) is 0 Å². The van der Waals surface area contributed by atoms with Gasteiger partial charge in [0.15, 0.2) is 0 Å². The Labute approximate surface area is 181 Å². The molecule has 0 saturated heterocycles. The van der Waals surface area contributed by atoms with Crippen LogP contribution in [0, 0.1) is 45.3 Å². The Hall–Kier alpha value is -3.69. The van der Waals surface area contributed by atoms with Gasteiger partial charge in [-0.1, -0.05) is 0 Å². The molecular formula is C22H13N5OS2. The van der Waals surface area contributed by atoms with Crippen molar-refractivity contribution in [2.45, 2.75) is 24.2 Å². The molecule has 2 aliphatic heterocycles. The zero-order chi connectivity index (χ0) is 21.1. The van der Waals surface area contributed by atoms with Gasteiger partial charge in [-0.2, -0.15) is 21.0 Å². The van der Waals surface area contributed by atoms with E-state index < -0.39 is 0 Å². The number of thiophene rings is 1. The van der Waals surface area contributed by atoms with E-state index in [1.165, 1.54) is 16.2 Å².